The van der Waals surface area contributed by atoms with Crippen molar-refractivity contribution in [2.45, 2.75) is 0 Å². The highest BCUT2D eigenvalue weighted by Crippen LogP contribution is 2.69. The molecule has 3 aromatic carbocycles. The molecule has 0 saturated carbocycles. The molecule has 0 N–H and O–H groups in total. The molecule has 0 aromatic heterocycles. The first kappa shape index (κ1) is 16.5. The van der Waals surface area contributed by atoms with Gasteiger partial charge in [0.25, 0.3) is 0 Å². The molecular weight excluding hydrogens is 374 g/mol. The van der Waals surface area contributed by atoms with E-state index in [4.69, 9.17) is 4.52 Å². The molecular formula is C21H16N2O2P2. The second-order valence-corrected chi connectivity index (χ2v) is 10.4. The van der Waals surface area contributed by atoms with Crippen molar-refractivity contribution >= 4 is 38.3 Å². The Balaban J connectivity index is 1.75. The number of hydrogen-bond acceptors (Lipinski definition) is 2. The summed E-state index contributed by atoms with van der Waals surface area (Å²) in [6.07, 6.45) is 3.60. The lowest BCUT2D eigenvalue weighted by Crippen LogP contribution is -2.30. The molecule has 0 amide bonds. The van der Waals surface area contributed by atoms with E-state index < -0.39 is 15.7 Å². The molecule has 6 heteroatoms. The van der Waals surface area contributed by atoms with Crippen LogP contribution in [0.4, 0.5) is 0 Å². The monoisotopic (exact) mass is 390 g/mol. The van der Waals surface area contributed by atoms with E-state index >= 15 is 0 Å². The molecule has 2 heterocycles. The number of para-hydroxylation sites is 1. The molecule has 0 fully saturated rings. The maximum atomic E-state index is 14.2. The second-order valence-electron chi connectivity index (χ2n) is 6.18. The van der Waals surface area contributed by atoms with Crippen molar-refractivity contribution in [2.75, 3.05) is 0 Å². The van der Waals surface area contributed by atoms with Gasteiger partial charge in [-0.2, -0.15) is 0 Å². The highest BCUT2D eigenvalue weighted by atomic mass is 31.2. The van der Waals surface area contributed by atoms with Crippen LogP contribution < -0.4 is 15.1 Å². The zero-order valence-electron chi connectivity index (χ0n) is 14.3. The van der Waals surface area contributed by atoms with Gasteiger partial charge in [0.05, 0.1) is 11.0 Å². The smallest absolute Gasteiger partial charge is 0.316 e. The van der Waals surface area contributed by atoms with Crippen molar-refractivity contribution in [1.82, 2.24) is 4.44 Å². The number of nitrogens with zero attached hydrogens (tertiary/aromatic N) is 2. The standard InChI is InChI=1S/C21H16N2O2P2/c24-27(18-11-5-2-6-12-18)22-16-15-20-19-13-7-8-14-21(19)25-26(23(20)27)17-9-3-1-4-10-17/h1-16H. The minimum atomic E-state index is -3.24. The first-order chi connectivity index (χ1) is 13.3. The third-order valence-corrected chi connectivity index (χ3v) is 9.55. The lowest BCUT2D eigenvalue weighted by Gasteiger charge is -2.42. The van der Waals surface area contributed by atoms with Crippen LogP contribution in [0.15, 0.2) is 95.8 Å². The number of rotatable bonds is 2. The van der Waals surface area contributed by atoms with Crippen molar-refractivity contribution in [3.63, 3.8) is 0 Å². The molecule has 0 saturated heterocycles. The van der Waals surface area contributed by atoms with E-state index in [1.807, 2.05) is 95.4 Å². The fourth-order valence-corrected chi connectivity index (χ4v) is 8.28. The van der Waals surface area contributed by atoms with E-state index in [9.17, 15) is 4.57 Å². The first-order valence-corrected chi connectivity index (χ1v) is 11.4. The van der Waals surface area contributed by atoms with Gasteiger partial charge in [0.1, 0.15) is 5.75 Å². The van der Waals surface area contributed by atoms with E-state index in [0.717, 1.165) is 22.3 Å². The lowest BCUT2D eigenvalue weighted by atomic mass is 10.1. The van der Waals surface area contributed by atoms with Crippen LogP contribution in [0.5, 0.6) is 5.75 Å². The van der Waals surface area contributed by atoms with Gasteiger partial charge in [-0.15, -0.1) is 0 Å². The molecule has 2 unspecified atom stereocenters. The summed E-state index contributed by atoms with van der Waals surface area (Å²) in [5, 5.41) is 1.71. The molecule has 2 atom stereocenters. The fourth-order valence-electron chi connectivity index (χ4n) is 3.27. The third-order valence-electron chi connectivity index (χ3n) is 4.52. The Hall–Kier alpha value is -2.67. The number of hydrogen-bond donors (Lipinski definition) is 0. The number of benzene rings is 3. The molecule has 27 heavy (non-hydrogen) atoms. The molecule has 132 valence electrons. The summed E-state index contributed by atoms with van der Waals surface area (Å²) < 4.78 is 27.0. The van der Waals surface area contributed by atoms with E-state index in [0.29, 0.717) is 5.30 Å². The van der Waals surface area contributed by atoms with Crippen LogP contribution >= 0.6 is 15.7 Å². The fraction of sp³-hybridized carbons (Fsp3) is 0. The van der Waals surface area contributed by atoms with Gasteiger partial charge in [-0.25, -0.2) is 9.20 Å². The molecule has 0 bridgehead atoms. The summed E-state index contributed by atoms with van der Waals surface area (Å²) in [5.41, 5.74) is 1.84. The summed E-state index contributed by atoms with van der Waals surface area (Å²) in [7, 11) is -4.57. The molecule has 2 aliphatic heterocycles. The zero-order chi connectivity index (χ0) is 18.3. The Morgan fingerprint density at radius 1 is 0.852 bits per heavy atom. The van der Waals surface area contributed by atoms with E-state index in [2.05, 4.69) is 4.76 Å². The Labute approximate surface area is 159 Å². The Morgan fingerprint density at radius 3 is 2.30 bits per heavy atom. The first-order valence-electron chi connectivity index (χ1n) is 8.62. The van der Waals surface area contributed by atoms with Gasteiger partial charge in [0, 0.05) is 17.1 Å². The number of fused-ring (bicyclic) bond motifs is 3. The van der Waals surface area contributed by atoms with Crippen molar-refractivity contribution < 1.29 is 9.09 Å². The average Bonchev–Trinajstić information content (AvgIpc) is 2.74. The Bertz CT molecular complexity index is 1100. The molecule has 2 aliphatic rings. The van der Waals surface area contributed by atoms with Gasteiger partial charge in [-0.3, -0.25) is 4.57 Å². The summed E-state index contributed by atoms with van der Waals surface area (Å²) in [4.78, 5) is 0. The Morgan fingerprint density at radius 2 is 1.52 bits per heavy atom. The molecule has 3 aromatic rings. The molecule has 4 nitrogen and oxygen atoms in total. The quantitative estimate of drug-likeness (QED) is 0.581. The predicted octanol–water partition coefficient (Wildman–Crippen LogP) is 4.96. The Kier molecular flexibility index (Phi) is 3.97. The van der Waals surface area contributed by atoms with Gasteiger partial charge in [0.2, 0.25) is 8.30 Å². The maximum Gasteiger partial charge on any atom is 0.316 e. The second kappa shape index (κ2) is 6.49. The largest absolute Gasteiger partial charge is 0.448 e. The average molecular weight is 390 g/mol. The van der Waals surface area contributed by atoms with Crippen LogP contribution in [-0.4, -0.2) is 10.7 Å². The summed E-state index contributed by atoms with van der Waals surface area (Å²) in [6.45, 7) is 0. The van der Waals surface area contributed by atoms with Gasteiger partial charge < -0.3 is 4.52 Å². The number of allylic oxidation sites excluding steroid dienone is 1. The lowest BCUT2D eigenvalue weighted by molar-refractivity contribution is 0.540. The van der Waals surface area contributed by atoms with Crippen LogP contribution in [0.3, 0.4) is 0 Å². The zero-order valence-corrected chi connectivity index (χ0v) is 16.1. The molecule has 0 aliphatic carbocycles. The van der Waals surface area contributed by atoms with E-state index in [-0.39, 0.29) is 0 Å². The maximum absolute atomic E-state index is 14.2. The molecule has 0 radical (unpaired) electrons. The van der Waals surface area contributed by atoms with Crippen LogP contribution in [0.1, 0.15) is 5.56 Å². The van der Waals surface area contributed by atoms with Gasteiger partial charge in [-0.05, 0) is 42.5 Å². The topological polar surface area (TPSA) is 41.9 Å². The van der Waals surface area contributed by atoms with Crippen LogP contribution in [0.25, 0.3) is 5.70 Å². The van der Waals surface area contributed by atoms with Crippen molar-refractivity contribution in [3.05, 3.63) is 96.6 Å². The van der Waals surface area contributed by atoms with Crippen LogP contribution in [0.2, 0.25) is 0 Å². The normalized spacial score (nSPS) is 23.0. The minimum Gasteiger partial charge on any atom is -0.448 e. The van der Waals surface area contributed by atoms with Gasteiger partial charge in [-0.1, -0.05) is 48.5 Å². The van der Waals surface area contributed by atoms with Gasteiger partial charge in [0.15, 0.2) is 0 Å². The summed E-state index contributed by atoms with van der Waals surface area (Å²) in [6, 6.07) is 27.3. The summed E-state index contributed by atoms with van der Waals surface area (Å²) >= 11 is 0. The molecule has 5 rings (SSSR count). The SMILES string of the molecule is O=P1(c2ccccc2)N=CC=C2c3ccccc3OP(c3ccccc3)N21. The van der Waals surface area contributed by atoms with Crippen molar-refractivity contribution in [2.24, 2.45) is 4.76 Å². The van der Waals surface area contributed by atoms with E-state index in [1.54, 1.807) is 6.21 Å². The highest BCUT2D eigenvalue weighted by Gasteiger charge is 2.46. The van der Waals surface area contributed by atoms with Gasteiger partial charge >= 0.3 is 7.44 Å². The van der Waals surface area contributed by atoms with E-state index in [1.165, 1.54) is 0 Å². The van der Waals surface area contributed by atoms with Crippen LogP contribution in [-0.2, 0) is 4.57 Å². The minimum absolute atomic E-state index is 0.707. The third kappa shape index (κ3) is 2.65. The highest BCUT2D eigenvalue weighted by molar-refractivity contribution is 7.79. The van der Waals surface area contributed by atoms with Crippen molar-refractivity contribution in [1.29, 1.82) is 0 Å². The van der Waals surface area contributed by atoms with Crippen molar-refractivity contribution in [3.8, 4) is 5.75 Å². The van der Waals surface area contributed by atoms with Crippen LogP contribution in [0, 0.1) is 0 Å². The molecule has 0 spiro atoms. The predicted molar refractivity (Wildman–Crippen MR) is 112 cm³/mol. The summed E-state index contributed by atoms with van der Waals surface area (Å²) in [5.74, 6) is 0.810.